The van der Waals surface area contributed by atoms with Gasteiger partial charge in [0.25, 0.3) is 0 Å². The number of thiazole rings is 1. The van der Waals surface area contributed by atoms with Gasteiger partial charge in [-0.25, -0.2) is 4.98 Å². The third-order valence-electron chi connectivity index (χ3n) is 2.30. The van der Waals surface area contributed by atoms with Gasteiger partial charge in [0, 0.05) is 6.20 Å². The summed E-state index contributed by atoms with van der Waals surface area (Å²) in [7, 11) is 0. The summed E-state index contributed by atoms with van der Waals surface area (Å²) >= 11 is 1.18. The van der Waals surface area contributed by atoms with Gasteiger partial charge in [-0.3, -0.25) is 4.98 Å². The Labute approximate surface area is 116 Å². The van der Waals surface area contributed by atoms with E-state index < -0.39 is 5.95 Å². The summed E-state index contributed by atoms with van der Waals surface area (Å²) in [6, 6.07) is 5.27. The van der Waals surface area contributed by atoms with E-state index in [0.29, 0.717) is 21.5 Å². The molecule has 0 unspecified atom stereocenters. The van der Waals surface area contributed by atoms with Gasteiger partial charge in [0.1, 0.15) is 5.00 Å². The summed E-state index contributed by atoms with van der Waals surface area (Å²) in [6.45, 7) is 0. The van der Waals surface area contributed by atoms with Crippen LogP contribution in [0, 0.1) is 0 Å². The first-order valence-electron chi connectivity index (χ1n) is 5.47. The average molecular weight is 288 g/mol. The van der Waals surface area contributed by atoms with Crippen molar-refractivity contribution in [1.29, 1.82) is 0 Å². The van der Waals surface area contributed by atoms with Crippen LogP contribution in [-0.2, 0) is 0 Å². The molecule has 0 fully saturated rings. The Morgan fingerprint density at radius 3 is 2.85 bits per heavy atom. The first-order chi connectivity index (χ1) is 9.74. The van der Waals surface area contributed by atoms with Crippen LogP contribution in [0.15, 0.2) is 45.3 Å². The van der Waals surface area contributed by atoms with Crippen molar-refractivity contribution in [3.63, 3.8) is 0 Å². The molecule has 0 aromatic carbocycles. The van der Waals surface area contributed by atoms with E-state index in [9.17, 15) is 5.11 Å². The predicted octanol–water partition coefficient (Wildman–Crippen LogP) is 2.90. The minimum Gasteiger partial charge on any atom is -0.478 e. The largest absolute Gasteiger partial charge is 0.478 e. The SMILES string of the molecule is Nc1cnc(N=Nc2c(-c3ccccn3)noc2O)s1. The Morgan fingerprint density at radius 1 is 1.25 bits per heavy atom. The van der Waals surface area contributed by atoms with Gasteiger partial charge < -0.3 is 15.4 Å². The molecule has 3 heterocycles. The van der Waals surface area contributed by atoms with E-state index in [4.69, 9.17) is 10.3 Å². The summed E-state index contributed by atoms with van der Waals surface area (Å²) in [4.78, 5) is 8.05. The molecular weight excluding hydrogens is 280 g/mol. The minimum absolute atomic E-state index is 0.0949. The Bertz CT molecular complexity index is 751. The molecule has 0 saturated heterocycles. The fourth-order valence-electron chi connectivity index (χ4n) is 1.45. The first kappa shape index (κ1) is 12.2. The van der Waals surface area contributed by atoms with E-state index in [1.54, 1.807) is 24.4 Å². The lowest BCUT2D eigenvalue weighted by molar-refractivity contribution is 0.279. The smallest absolute Gasteiger partial charge is 0.337 e. The predicted molar refractivity (Wildman–Crippen MR) is 72.1 cm³/mol. The second kappa shape index (κ2) is 5.05. The maximum absolute atomic E-state index is 9.62. The highest BCUT2D eigenvalue weighted by molar-refractivity contribution is 7.18. The standard InChI is InChI=1S/C11H8N6O2S/c12-7-5-14-11(20-7)16-15-9-8(17-19-10(9)18)6-3-1-2-4-13-6/h1-5,18H,12H2. The van der Waals surface area contributed by atoms with Gasteiger partial charge in [-0.15, -0.1) is 10.2 Å². The Hall–Kier alpha value is -2.81. The average Bonchev–Trinajstić information content (AvgIpc) is 3.04. The zero-order chi connectivity index (χ0) is 13.9. The van der Waals surface area contributed by atoms with Gasteiger partial charge in [-0.1, -0.05) is 22.6 Å². The van der Waals surface area contributed by atoms with Crippen molar-refractivity contribution in [2.45, 2.75) is 0 Å². The molecule has 0 aliphatic rings. The number of nitrogens with two attached hydrogens (primary N) is 1. The van der Waals surface area contributed by atoms with E-state index in [1.165, 1.54) is 17.5 Å². The van der Waals surface area contributed by atoms with Gasteiger partial charge in [-0.2, -0.15) is 0 Å². The molecule has 3 rings (SSSR count). The quantitative estimate of drug-likeness (QED) is 0.714. The summed E-state index contributed by atoms with van der Waals surface area (Å²) < 4.78 is 4.71. The van der Waals surface area contributed by atoms with E-state index in [1.807, 2.05) is 0 Å². The zero-order valence-electron chi connectivity index (χ0n) is 9.96. The van der Waals surface area contributed by atoms with Crippen molar-refractivity contribution < 1.29 is 9.63 Å². The van der Waals surface area contributed by atoms with Crippen molar-refractivity contribution >= 4 is 27.2 Å². The van der Waals surface area contributed by atoms with Crippen LogP contribution in [0.1, 0.15) is 0 Å². The number of aromatic nitrogens is 3. The van der Waals surface area contributed by atoms with Gasteiger partial charge in [0.2, 0.25) is 5.13 Å². The molecule has 0 spiro atoms. The van der Waals surface area contributed by atoms with Crippen molar-refractivity contribution in [2.75, 3.05) is 5.73 Å². The van der Waals surface area contributed by atoms with Gasteiger partial charge in [0.05, 0.1) is 11.9 Å². The lowest BCUT2D eigenvalue weighted by Gasteiger charge is -1.94. The minimum atomic E-state index is -0.432. The highest BCUT2D eigenvalue weighted by Crippen LogP contribution is 2.37. The van der Waals surface area contributed by atoms with E-state index in [-0.39, 0.29) is 5.69 Å². The van der Waals surface area contributed by atoms with Crippen molar-refractivity contribution in [3.8, 4) is 17.3 Å². The lowest BCUT2D eigenvalue weighted by Crippen LogP contribution is -1.81. The van der Waals surface area contributed by atoms with Crippen LogP contribution in [-0.4, -0.2) is 20.2 Å². The second-order valence-electron chi connectivity index (χ2n) is 3.65. The van der Waals surface area contributed by atoms with E-state index in [0.717, 1.165) is 0 Å². The number of anilines is 1. The number of hydrogen-bond donors (Lipinski definition) is 2. The number of pyridine rings is 1. The fraction of sp³-hybridized carbons (Fsp3) is 0. The van der Waals surface area contributed by atoms with Crippen molar-refractivity contribution in [3.05, 3.63) is 30.6 Å². The van der Waals surface area contributed by atoms with Crippen LogP contribution in [0.2, 0.25) is 0 Å². The van der Waals surface area contributed by atoms with Crippen molar-refractivity contribution in [1.82, 2.24) is 15.1 Å². The molecule has 0 amide bonds. The van der Waals surface area contributed by atoms with Crippen LogP contribution in [0.25, 0.3) is 11.4 Å². The molecule has 0 saturated carbocycles. The number of azo groups is 1. The zero-order valence-corrected chi connectivity index (χ0v) is 10.8. The second-order valence-corrected chi connectivity index (χ2v) is 4.69. The molecule has 0 radical (unpaired) electrons. The maximum Gasteiger partial charge on any atom is 0.337 e. The Morgan fingerprint density at radius 2 is 2.15 bits per heavy atom. The van der Waals surface area contributed by atoms with Crippen LogP contribution in [0.5, 0.6) is 5.95 Å². The third kappa shape index (κ3) is 2.34. The molecule has 3 aromatic heterocycles. The number of rotatable bonds is 3. The molecule has 0 atom stereocenters. The van der Waals surface area contributed by atoms with Crippen LogP contribution >= 0.6 is 11.3 Å². The molecule has 100 valence electrons. The summed E-state index contributed by atoms with van der Waals surface area (Å²) in [5, 5.41) is 22.0. The Kier molecular flexibility index (Phi) is 3.09. The molecule has 9 heteroatoms. The monoisotopic (exact) mass is 288 g/mol. The van der Waals surface area contributed by atoms with E-state index in [2.05, 4.69) is 25.4 Å². The number of nitrogens with zero attached hydrogens (tertiary/aromatic N) is 5. The third-order valence-corrected chi connectivity index (χ3v) is 3.02. The summed E-state index contributed by atoms with van der Waals surface area (Å²) in [5.41, 5.74) is 6.46. The number of hydrogen-bond acceptors (Lipinski definition) is 9. The number of nitrogen functional groups attached to an aromatic ring is 1. The van der Waals surface area contributed by atoms with Crippen LogP contribution < -0.4 is 5.73 Å². The Balaban J connectivity index is 1.98. The topological polar surface area (TPSA) is 123 Å². The molecule has 0 aliphatic heterocycles. The summed E-state index contributed by atoms with van der Waals surface area (Å²) in [5.74, 6) is -0.432. The van der Waals surface area contributed by atoms with Crippen LogP contribution in [0.3, 0.4) is 0 Å². The van der Waals surface area contributed by atoms with Gasteiger partial charge in [0.15, 0.2) is 11.4 Å². The molecule has 8 nitrogen and oxygen atoms in total. The highest BCUT2D eigenvalue weighted by Gasteiger charge is 2.18. The van der Waals surface area contributed by atoms with Crippen molar-refractivity contribution in [2.24, 2.45) is 10.2 Å². The maximum atomic E-state index is 9.62. The molecule has 0 bridgehead atoms. The molecule has 3 N–H and O–H groups in total. The molecule has 0 aliphatic carbocycles. The van der Waals surface area contributed by atoms with Gasteiger partial charge in [-0.05, 0) is 12.1 Å². The molecule has 3 aromatic rings. The first-order valence-corrected chi connectivity index (χ1v) is 6.29. The fourth-order valence-corrected chi connectivity index (χ4v) is 1.96. The summed E-state index contributed by atoms with van der Waals surface area (Å²) in [6.07, 6.45) is 3.08. The molecular formula is C11H8N6O2S. The highest BCUT2D eigenvalue weighted by atomic mass is 32.1. The van der Waals surface area contributed by atoms with Crippen LogP contribution in [0.4, 0.5) is 15.8 Å². The van der Waals surface area contributed by atoms with E-state index >= 15 is 0 Å². The normalized spacial score (nSPS) is 11.2. The molecule has 20 heavy (non-hydrogen) atoms. The lowest BCUT2D eigenvalue weighted by atomic mass is 10.2. The number of aromatic hydroxyl groups is 1. The van der Waals surface area contributed by atoms with Gasteiger partial charge >= 0.3 is 5.95 Å².